The van der Waals surface area contributed by atoms with Crippen molar-refractivity contribution in [3.8, 4) is 17.4 Å². The largest absolute Gasteiger partial charge is 0.451 e. The Morgan fingerprint density at radius 1 is 1.13 bits per heavy atom. The van der Waals surface area contributed by atoms with Gasteiger partial charge in [-0.3, -0.25) is 9.59 Å². The average molecular weight is 409 g/mol. The first kappa shape index (κ1) is 21.6. The molecule has 0 aliphatic heterocycles. The molecule has 2 aromatic rings. The van der Waals surface area contributed by atoms with Crippen molar-refractivity contribution < 1.29 is 19.1 Å². The van der Waals surface area contributed by atoms with E-state index in [1.165, 1.54) is 0 Å². The summed E-state index contributed by atoms with van der Waals surface area (Å²) in [5.74, 6) is -0.0371. The SMILES string of the molecule is C[C@H](CO)NC(=O)[C@@H](NC(=O)c1ccc(-c2ccc(C#N)cc2)o1)C1CCCCC1. The molecular formula is C23H27N3O4. The van der Waals surface area contributed by atoms with Crippen LogP contribution in [0.3, 0.4) is 0 Å². The van der Waals surface area contributed by atoms with Gasteiger partial charge in [-0.2, -0.15) is 5.26 Å². The van der Waals surface area contributed by atoms with Crippen LogP contribution >= 0.6 is 0 Å². The average Bonchev–Trinajstić information content (AvgIpc) is 3.28. The van der Waals surface area contributed by atoms with E-state index in [0.717, 1.165) is 37.7 Å². The highest BCUT2D eigenvalue weighted by Gasteiger charge is 2.32. The molecular weight excluding hydrogens is 382 g/mol. The number of hydrogen-bond acceptors (Lipinski definition) is 5. The monoisotopic (exact) mass is 409 g/mol. The van der Waals surface area contributed by atoms with Gasteiger partial charge in [-0.05, 0) is 62.1 Å². The number of aliphatic hydroxyl groups excluding tert-OH is 1. The zero-order chi connectivity index (χ0) is 21.5. The molecule has 0 saturated heterocycles. The third-order valence-electron chi connectivity index (χ3n) is 5.48. The Bertz CT molecular complexity index is 907. The highest BCUT2D eigenvalue weighted by atomic mass is 16.4. The fraction of sp³-hybridized carbons (Fsp3) is 0.435. The smallest absolute Gasteiger partial charge is 0.287 e. The molecule has 1 saturated carbocycles. The number of benzene rings is 1. The first-order valence-electron chi connectivity index (χ1n) is 10.3. The Morgan fingerprint density at radius 3 is 2.47 bits per heavy atom. The molecule has 2 atom stereocenters. The van der Waals surface area contributed by atoms with E-state index in [9.17, 15) is 14.7 Å². The number of nitriles is 1. The molecule has 3 N–H and O–H groups in total. The molecule has 1 fully saturated rings. The fourth-order valence-corrected chi connectivity index (χ4v) is 3.78. The Labute approximate surface area is 176 Å². The maximum Gasteiger partial charge on any atom is 0.287 e. The molecule has 0 spiro atoms. The van der Waals surface area contributed by atoms with Gasteiger partial charge in [0.1, 0.15) is 11.8 Å². The highest BCUT2D eigenvalue weighted by Crippen LogP contribution is 2.27. The lowest BCUT2D eigenvalue weighted by atomic mass is 9.83. The topological polar surface area (TPSA) is 115 Å². The van der Waals surface area contributed by atoms with Crippen molar-refractivity contribution >= 4 is 11.8 Å². The number of furan rings is 1. The van der Waals surface area contributed by atoms with Gasteiger partial charge in [0.2, 0.25) is 5.91 Å². The minimum atomic E-state index is -0.671. The van der Waals surface area contributed by atoms with E-state index in [4.69, 9.17) is 9.68 Å². The van der Waals surface area contributed by atoms with Crippen molar-refractivity contribution in [1.82, 2.24) is 10.6 Å². The molecule has 0 unspecified atom stereocenters. The lowest BCUT2D eigenvalue weighted by Crippen LogP contribution is -2.53. The van der Waals surface area contributed by atoms with Crippen LogP contribution < -0.4 is 10.6 Å². The summed E-state index contributed by atoms with van der Waals surface area (Å²) in [6, 6.07) is 11.2. The van der Waals surface area contributed by atoms with Gasteiger partial charge in [-0.1, -0.05) is 19.3 Å². The lowest BCUT2D eigenvalue weighted by Gasteiger charge is -2.30. The van der Waals surface area contributed by atoms with Gasteiger partial charge in [0.05, 0.1) is 18.2 Å². The molecule has 7 heteroatoms. The van der Waals surface area contributed by atoms with E-state index in [-0.39, 0.29) is 30.2 Å². The molecule has 158 valence electrons. The van der Waals surface area contributed by atoms with Crippen molar-refractivity contribution in [3.63, 3.8) is 0 Å². The second-order valence-electron chi connectivity index (χ2n) is 7.79. The second-order valence-corrected chi connectivity index (χ2v) is 7.79. The van der Waals surface area contributed by atoms with Crippen LogP contribution in [-0.2, 0) is 4.79 Å². The van der Waals surface area contributed by atoms with Gasteiger partial charge >= 0.3 is 0 Å². The van der Waals surface area contributed by atoms with E-state index < -0.39 is 11.9 Å². The van der Waals surface area contributed by atoms with Crippen molar-refractivity contribution in [2.45, 2.75) is 51.1 Å². The Balaban J connectivity index is 1.73. The highest BCUT2D eigenvalue weighted by molar-refractivity contribution is 5.96. The van der Waals surface area contributed by atoms with Crippen molar-refractivity contribution in [1.29, 1.82) is 5.26 Å². The Morgan fingerprint density at radius 2 is 1.83 bits per heavy atom. The summed E-state index contributed by atoms with van der Waals surface area (Å²) in [7, 11) is 0. The van der Waals surface area contributed by atoms with Crippen LogP contribution in [0.1, 0.15) is 55.1 Å². The van der Waals surface area contributed by atoms with E-state index >= 15 is 0 Å². The lowest BCUT2D eigenvalue weighted by molar-refractivity contribution is -0.125. The molecule has 0 bridgehead atoms. The normalized spacial score (nSPS) is 16.3. The predicted octanol–water partition coefficient (Wildman–Crippen LogP) is 2.99. The van der Waals surface area contributed by atoms with Crippen LogP contribution in [0.15, 0.2) is 40.8 Å². The summed E-state index contributed by atoms with van der Waals surface area (Å²) in [6.07, 6.45) is 4.95. The third-order valence-corrected chi connectivity index (χ3v) is 5.48. The molecule has 7 nitrogen and oxygen atoms in total. The van der Waals surface area contributed by atoms with E-state index in [2.05, 4.69) is 16.7 Å². The minimum Gasteiger partial charge on any atom is -0.451 e. The summed E-state index contributed by atoms with van der Waals surface area (Å²) in [4.78, 5) is 25.6. The van der Waals surface area contributed by atoms with Crippen LogP contribution in [0.2, 0.25) is 0 Å². The van der Waals surface area contributed by atoms with E-state index in [1.807, 2.05) is 0 Å². The number of amides is 2. The zero-order valence-electron chi connectivity index (χ0n) is 17.1. The number of carbonyl (C=O) groups excluding carboxylic acids is 2. The minimum absolute atomic E-state index is 0.0570. The number of rotatable bonds is 7. The molecule has 1 aliphatic rings. The van der Waals surface area contributed by atoms with Gasteiger partial charge < -0.3 is 20.2 Å². The molecule has 30 heavy (non-hydrogen) atoms. The summed E-state index contributed by atoms with van der Waals surface area (Å²) in [5, 5.41) is 23.8. The quantitative estimate of drug-likeness (QED) is 0.650. The molecule has 3 rings (SSSR count). The van der Waals surface area contributed by atoms with Crippen LogP contribution in [0.4, 0.5) is 0 Å². The molecule has 1 heterocycles. The van der Waals surface area contributed by atoms with Gasteiger partial charge in [0.25, 0.3) is 5.91 Å². The van der Waals surface area contributed by atoms with Crippen LogP contribution in [0, 0.1) is 17.2 Å². The first-order chi connectivity index (χ1) is 14.5. The van der Waals surface area contributed by atoms with Crippen molar-refractivity contribution in [2.75, 3.05) is 6.61 Å². The van der Waals surface area contributed by atoms with Crippen LogP contribution in [0.5, 0.6) is 0 Å². The van der Waals surface area contributed by atoms with Crippen molar-refractivity contribution in [3.05, 3.63) is 47.7 Å². The number of hydrogen-bond donors (Lipinski definition) is 3. The summed E-state index contributed by atoms with van der Waals surface area (Å²) in [5.41, 5.74) is 1.30. The summed E-state index contributed by atoms with van der Waals surface area (Å²) in [6.45, 7) is 1.55. The second kappa shape index (κ2) is 10.1. The standard InChI is InChI=1S/C23H27N3O4/c1-15(14-27)25-23(29)21(18-5-3-2-4-6-18)26-22(28)20-12-11-19(30-20)17-9-7-16(13-24)8-10-17/h7-12,15,18,21,27H,2-6,14H2,1H3,(H,25,29)(H,26,28)/t15-,21+/m1/s1. The first-order valence-corrected chi connectivity index (χ1v) is 10.3. The molecule has 1 aromatic carbocycles. The molecule has 0 radical (unpaired) electrons. The van der Waals surface area contributed by atoms with Gasteiger partial charge in [0, 0.05) is 11.6 Å². The van der Waals surface area contributed by atoms with Gasteiger partial charge in [-0.15, -0.1) is 0 Å². The Kier molecular flexibility index (Phi) is 7.26. The van der Waals surface area contributed by atoms with Crippen molar-refractivity contribution in [2.24, 2.45) is 5.92 Å². The summed E-state index contributed by atoms with van der Waals surface area (Å²) < 4.78 is 5.71. The van der Waals surface area contributed by atoms with E-state index in [0.29, 0.717) is 11.3 Å². The maximum absolute atomic E-state index is 12.8. The van der Waals surface area contributed by atoms with Crippen LogP contribution in [0.25, 0.3) is 11.3 Å². The van der Waals surface area contributed by atoms with Gasteiger partial charge in [0.15, 0.2) is 5.76 Å². The number of nitrogens with zero attached hydrogens (tertiary/aromatic N) is 1. The Hall–Kier alpha value is -3.11. The molecule has 1 aliphatic carbocycles. The predicted molar refractivity (Wildman–Crippen MR) is 111 cm³/mol. The molecule has 2 amide bonds. The fourth-order valence-electron chi connectivity index (χ4n) is 3.78. The van der Waals surface area contributed by atoms with Gasteiger partial charge in [-0.25, -0.2) is 0 Å². The zero-order valence-corrected chi connectivity index (χ0v) is 17.1. The maximum atomic E-state index is 12.8. The van der Waals surface area contributed by atoms with E-state index in [1.54, 1.807) is 43.3 Å². The third kappa shape index (κ3) is 5.28. The summed E-state index contributed by atoms with van der Waals surface area (Å²) >= 11 is 0. The molecule has 1 aromatic heterocycles. The number of nitrogens with one attached hydrogen (secondary N) is 2. The number of carbonyl (C=O) groups is 2. The number of aliphatic hydroxyl groups is 1. The van der Waals surface area contributed by atoms with Crippen LogP contribution in [-0.4, -0.2) is 35.6 Å².